The zero-order chi connectivity index (χ0) is 23.8. The van der Waals surface area contributed by atoms with E-state index in [4.69, 9.17) is 14.2 Å². The first-order valence-corrected chi connectivity index (χ1v) is 11.8. The van der Waals surface area contributed by atoms with E-state index in [1.165, 1.54) is 0 Å². The van der Waals surface area contributed by atoms with Gasteiger partial charge >= 0.3 is 0 Å². The average molecular weight is 465 g/mol. The second kappa shape index (κ2) is 9.28. The second-order valence-electron chi connectivity index (χ2n) is 9.31. The van der Waals surface area contributed by atoms with Crippen LogP contribution >= 0.6 is 0 Å². The summed E-state index contributed by atoms with van der Waals surface area (Å²) in [6.45, 7) is 7.96. The molecule has 1 unspecified atom stereocenters. The monoisotopic (exact) mass is 464 g/mol. The Labute approximate surface area is 198 Å². The first kappa shape index (κ1) is 22.7. The van der Waals surface area contributed by atoms with Gasteiger partial charge in [-0.2, -0.15) is 10.2 Å². The van der Waals surface area contributed by atoms with Gasteiger partial charge in [0.15, 0.2) is 5.82 Å². The van der Waals surface area contributed by atoms with Crippen molar-refractivity contribution in [2.24, 2.45) is 0 Å². The molecule has 1 N–H and O–H groups in total. The van der Waals surface area contributed by atoms with Crippen LogP contribution in [0.1, 0.15) is 41.8 Å². The van der Waals surface area contributed by atoms with Gasteiger partial charge in [0.25, 0.3) is 5.89 Å². The third-order valence-electron chi connectivity index (χ3n) is 6.85. The van der Waals surface area contributed by atoms with Crippen molar-refractivity contribution < 1.29 is 13.7 Å². The number of halogens is 1. The largest absolute Gasteiger partial charge is 0.381 e. The molecular weight excluding hydrogens is 435 g/mol. The third kappa shape index (κ3) is 4.24. The van der Waals surface area contributed by atoms with Crippen LogP contribution in [0.25, 0.3) is 22.4 Å². The second-order valence-corrected chi connectivity index (χ2v) is 9.31. The van der Waals surface area contributed by atoms with E-state index in [1.807, 2.05) is 30.9 Å². The summed E-state index contributed by atoms with van der Waals surface area (Å²) < 4.78 is 26.4. The number of aryl methyl sites for hydroxylation is 3. The van der Waals surface area contributed by atoms with E-state index in [0.717, 1.165) is 42.6 Å². The maximum atomic E-state index is 15.4. The van der Waals surface area contributed by atoms with Crippen LogP contribution in [0.5, 0.6) is 0 Å². The lowest BCUT2D eigenvalue weighted by molar-refractivity contribution is 0.0684. The number of nitrogens with one attached hydrogen (secondary N) is 1. The summed E-state index contributed by atoms with van der Waals surface area (Å²) >= 11 is 0. The van der Waals surface area contributed by atoms with Gasteiger partial charge in [-0.15, -0.1) is 0 Å². The number of hydrogen-bond acceptors (Lipinski definition) is 8. The summed E-state index contributed by atoms with van der Waals surface area (Å²) in [7, 11) is 0. The molecule has 1 aromatic carbocycles. The minimum Gasteiger partial charge on any atom is -0.381 e. The fraction of sp³-hybridized carbons (Fsp3) is 0.520. The smallest absolute Gasteiger partial charge is 0.261 e. The number of nitrogens with zero attached hydrogens (tertiary/aromatic N) is 5. The van der Waals surface area contributed by atoms with Gasteiger partial charge in [-0.05, 0) is 63.3 Å². The zero-order valence-electron chi connectivity index (χ0n) is 19.8. The minimum absolute atomic E-state index is 0.201. The topological polar surface area (TPSA) is 100 Å². The first-order valence-electron chi connectivity index (χ1n) is 11.8. The van der Waals surface area contributed by atoms with Crippen LogP contribution in [0.2, 0.25) is 0 Å². The lowest BCUT2D eigenvalue weighted by atomic mass is 9.96. The van der Waals surface area contributed by atoms with E-state index in [2.05, 4.69) is 21.5 Å². The van der Waals surface area contributed by atoms with Gasteiger partial charge in [-0.25, -0.2) is 9.37 Å². The normalized spacial score (nSPS) is 21.7. The Morgan fingerprint density at radius 1 is 1.15 bits per heavy atom. The number of rotatable bonds is 4. The molecule has 5 rings (SSSR count). The lowest BCUT2D eigenvalue weighted by Gasteiger charge is -2.39. The molecule has 2 aromatic heterocycles. The standard InChI is InChI=1S/C25H29FN6O2/c1-14-10-17(12-27)23-19(11-14)15(2)22(25-28-16(3)31-34-25)24(30-23)32-7-4-21(20(26)13-32)29-18-5-8-33-9-6-18/h10-11,18,20-21,29H,4-9,13H2,1-3H3/t20-,21?/m0/s1. The van der Waals surface area contributed by atoms with Crippen molar-refractivity contribution in [2.75, 3.05) is 31.2 Å². The van der Waals surface area contributed by atoms with Gasteiger partial charge in [-0.1, -0.05) is 5.16 Å². The summed E-state index contributed by atoms with van der Waals surface area (Å²) in [4.78, 5) is 11.3. The number of alkyl halides is 1. The van der Waals surface area contributed by atoms with Crippen molar-refractivity contribution in [1.29, 1.82) is 5.26 Å². The molecule has 9 heteroatoms. The molecule has 4 heterocycles. The van der Waals surface area contributed by atoms with Gasteiger partial charge < -0.3 is 19.5 Å². The van der Waals surface area contributed by atoms with Gasteiger partial charge in [0.2, 0.25) is 0 Å². The Balaban J connectivity index is 1.53. The molecule has 0 amide bonds. The van der Waals surface area contributed by atoms with Gasteiger partial charge in [-0.3, -0.25) is 0 Å². The van der Waals surface area contributed by atoms with Crippen LogP contribution < -0.4 is 10.2 Å². The molecule has 2 saturated heterocycles. The van der Waals surface area contributed by atoms with E-state index in [0.29, 0.717) is 53.2 Å². The Kier molecular flexibility index (Phi) is 6.19. The summed E-state index contributed by atoms with van der Waals surface area (Å²) in [5, 5.41) is 18.1. The molecule has 3 aromatic rings. The number of nitriles is 1. The Bertz CT molecular complexity index is 1250. The first-order chi connectivity index (χ1) is 16.4. The van der Waals surface area contributed by atoms with Crippen molar-refractivity contribution in [3.63, 3.8) is 0 Å². The molecule has 0 radical (unpaired) electrons. The molecular formula is C25H29FN6O2. The SMILES string of the molecule is Cc1cc(C#N)c2nc(N3CCC(NC4CCOCC4)[C@@H](F)C3)c(-c3nc(C)no3)c(C)c2c1. The van der Waals surface area contributed by atoms with Crippen molar-refractivity contribution >= 4 is 16.7 Å². The minimum atomic E-state index is -1.06. The van der Waals surface area contributed by atoms with Gasteiger partial charge in [0, 0.05) is 37.2 Å². The highest BCUT2D eigenvalue weighted by Gasteiger charge is 2.34. The summed E-state index contributed by atoms with van der Waals surface area (Å²) in [5.41, 5.74) is 3.67. The van der Waals surface area contributed by atoms with E-state index in [9.17, 15) is 5.26 Å². The number of piperidine rings is 1. The van der Waals surface area contributed by atoms with Crippen LogP contribution in [0.3, 0.4) is 0 Å². The van der Waals surface area contributed by atoms with E-state index in [1.54, 1.807) is 6.92 Å². The molecule has 0 bridgehead atoms. The maximum absolute atomic E-state index is 15.4. The van der Waals surface area contributed by atoms with Crippen LogP contribution in [-0.2, 0) is 4.74 Å². The van der Waals surface area contributed by atoms with Crippen LogP contribution in [0, 0.1) is 32.1 Å². The molecule has 0 aliphatic carbocycles. The number of hydrogen-bond donors (Lipinski definition) is 1. The molecule has 2 atom stereocenters. The molecule has 0 spiro atoms. The summed E-state index contributed by atoms with van der Waals surface area (Å²) in [6, 6.07) is 6.20. The Morgan fingerprint density at radius 3 is 2.62 bits per heavy atom. The van der Waals surface area contributed by atoms with Crippen LogP contribution in [-0.4, -0.2) is 59.7 Å². The fourth-order valence-electron chi connectivity index (χ4n) is 5.07. The lowest BCUT2D eigenvalue weighted by Crippen LogP contribution is -2.54. The fourth-order valence-corrected chi connectivity index (χ4v) is 5.07. The summed E-state index contributed by atoms with van der Waals surface area (Å²) in [6.07, 6.45) is 1.42. The van der Waals surface area contributed by atoms with Crippen LogP contribution in [0.4, 0.5) is 10.2 Å². The van der Waals surface area contributed by atoms with Crippen molar-refractivity contribution in [3.8, 4) is 17.5 Å². The van der Waals surface area contributed by atoms with Crippen LogP contribution in [0.15, 0.2) is 16.7 Å². The molecule has 0 saturated carbocycles. The van der Waals surface area contributed by atoms with Crippen molar-refractivity contribution in [1.82, 2.24) is 20.4 Å². The Morgan fingerprint density at radius 2 is 1.94 bits per heavy atom. The number of ether oxygens (including phenoxy) is 1. The molecule has 2 fully saturated rings. The quantitative estimate of drug-likeness (QED) is 0.623. The molecule has 2 aliphatic heterocycles. The number of benzene rings is 1. The van der Waals surface area contributed by atoms with E-state index in [-0.39, 0.29) is 12.6 Å². The highest BCUT2D eigenvalue weighted by Crippen LogP contribution is 2.38. The highest BCUT2D eigenvalue weighted by atomic mass is 19.1. The third-order valence-corrected chi connectivity index (χ3v) is 6.85. The molecule has 34 heavy (non-hydrogen) atoms. The highest BCUT2D eigenvalue weighted by molar-refractivity contribution is 5.95. The predicted octanol–water partition coefficient (Wildman–Crippen LogP) is 3.77. The molecule has 178 valence electrons. The Hall–Kier alpha value is -3.09. The number of anilines is 1. The predicted molar refractivity (Wildman–Crippen MR) is 126 cm³/mol. The van der Waals surface area contributed by atoms with E-state index >= 15 is 4.39 Å². The number of aromatic nitrogens is 3. The zero-order valence-corrected chi connectivity index (χ0v) is 19.8. The maximum Gasteiger partial charge on any atom is 0.261 e. The molecule has 2 aliphatic rings. The van der Waals surface area contributed by atoms with Crippen molar-refractivity contribution in [2.45, 2.75) is 58.3 Å². The number of pyridine rings is 1. The average Bonchev–Trinajstić information content (AvgIpc) is 3.26. The summed E-state index contributed by atoms with van der Waals surface area (Å²) in [5.74, 6) is 1.46. The van der Waals surface area contributed by atoms with E-state index < -0.39 is 6.17 Å². The molecule has 8 nitrogen and oxygen atoms in total. The van der Waals surface area contributed by atoms with Gasteiger partial charge in [0.1, 0.15) is 18.1 Å². The number of fused-ring (bicyclic) bond motifs is 1. The van der Waals surface area contributed by atoms with Crippen molar-refractivity contribution in [3.05, 3.63) is 34.6 Å². The van der Waals surface area contributed by atoms with Gasteiger partial charge in [0.05, 0.1) is 23.2 Å².